The molecule has 0 radical (unpaired) electrons. The van der Waals surface area contributed by atoms with Crippen molar-refractivity contribution in [2.24, 2.45) is 0 Å². The fraction of sp³-hybridized carbons (Fsp3) is 0.500. The maximum absolute atomic E-state index is 13.2. The highest BCUT2D eigenvalue weighted by Crippen LogP contribution is 2.42. The smallest absolute Gasteiger partial charge is 0.337 e. The van der Waals surface area contributed by atoms with Crippen LogP contribution in [0.4, 0.5) is 0 Å². The number of allylic oxidation sites excluding steroid dienone is 3. The van der Waals surface area contributed by atoms with Gasteiger partial charge >= 0.3 is 5.97 Å². The number of hydrogen-bond donors (Lipinski definition) is 1. The van der Waals surface area contributed by atoms with Gasteiger partial charge in [-0.3, -0.25) is 9.78 Å². The predicted octanol–water partition coefficient (Wildman–Crippen LogP) is 3.93. The van der Waals surface area contributed by atoms with E-state index in [1.807, 2.05) is 19.1 Å². The number of esters is 1. The second kappa shape index (κ2) is 7.67. The number of dihydropyridines is 1. The van der Waals surface area contributed by atoms with Crippen molar-refractivity contribution in [3.05, 3.63) is 52.6 Å². The van der Waals surface area contributed by atoms with Crippen molar-refractivity contribution in [2.45, 2.75) is 70.3 Å². The third kappa shape index (κ3) is 3.55. The van der Waals surface area contributed by atoms with Gasteiger partial charge in [-0.15, -0.1) is 0 Å². The van der Waals surface area contributed by atoms with Gasteiger partial charge in [-0.1, -0.05) is 12.5 Å². The summed E-state index contributed by atoms with van der Waals surface area (Å²) in [4.78, 5) is 30.2. The molecule has 5 nitrogen and oxygen atoms in total. The molecule has 2 aliphatic carbocycles. The molecule has 2 heterocycles. The Bertz CT molecular complexity index is 804. The Morgan fingerprint density at radius 3 is 2.74 bits per heavy atom. The van der Waals surface area contributed by atoms with Crippen LogP contribution in [0.5, 0.6) is 0 Å². The molecule has 1 N–H and O–H groups in total. The van der Waals surface area contributed by atoms with E-state index < -0.39 is 0 Å². The Morgan fingerprint density at radius 1 is 1.19 bits per heavy atom. The highest BCUT2D eigenvalue weighted by atomic mass is 16.5. The highest BCUT2D eigenvalue weighted by molar-refractivity contribution is 6.03. The van der Waals surface area contributed by atoms with Gasteiger partial charge in [0.15, 0.2) is 5.78 Å². The first-order valence-corrected chi connectivity index (χ1v) is 10.00. The lowest BCUT2D eigenvalue weighted by atomic mass is 9.75. The summed E-state index contributed by atoms with van der Waals surface area (Å²) in [5.41, 5.74) is 3.89. The molecule has 1 aromatic heterocycles. The van der Waals surface area contributed by atoms with Crippen LogP contribution in [0.1, 0.15) is 69.8 Å². The molecule has 1 fully saturated rings. The van der Waals surface area contributed by atoms with E-state index in [0.717, 1.165) is 61.1 Å². The molecule has 4 rings (SSSR count). The normalized spacial score (nSPS) is 23.7. The van der Waals surface area contributed by atoms with E-state index in [1.54, 1.807) is 12.4 Å². The van der Waals surface area contributed by atoms with Gasteiger partial charge in [0.2, 0.25) is 0 Å². The minimum absolute atomic E-state index is 0.0152. The van der Waals surface area contributed by atoms with E-state index in [9.17, 15) is 9.59 Å². The van der Waals surface area contributed by atoms with Crippen molar-refractivity contribution in [1.29, 1.82) is 0 Å². The van der Waals surface area contributed by atoms with E-state index in [2.05, 4.69) is 10.3 Å². The van der Waals surface area contributed by atoms with E-state index in [0.29, 0.717) is 12.0 Å². The summed E-state index contributed by atoms with van der Waals surface area (Å²) >= 11 is 0. The van der Waals surface area contributed by atoms with E-state index in [-0.39, 0.29) is 23.8 Å². The number of ketones is 1. The van der Waals surface area contributed by atoms with Crippen LogP contribution in [0.2, 0.25) is 0 Å². The van der Waals surface area contributed by atoms with Crippen LogP contribution in [-0.4, -0.2) is 22.8 Å². The topological polar surface area (TPSA) is 68.3 Å². The Balaban J connectivity index is 1.71. The van der Waals surface area contributed by atoms with Gasteiger partial charge in [0.25, 0.3) is 0 Å². The largest absolute Gasteiger partial charge is 0.459 e. The summed E-state index contributed by atoms with van der Waals surface area (Å²) in [5, 5.41) is 3.33. The molecule has 27 heavy (non-hydrogen) atoms. The van der Waals surface area contributed by atoms with Gasteiger partial charge in [-0.25, -0.2) is 4.79 Å². The SMILES string of the molecule is CC1=C(C(=O)OC2CCCCC2)[C@H](c2cccnc2)C2=C(CCCC2=O)N1. The fourth-order valence-electron chi connectivity index (χ4n) is 4.53. The number of rotatable bonds is 3. The third-order valence-electron chi connectivity index (χ3n) is 5.84. The van der Waals surface area contributed by atoms with Crippen LogP contribution in [-0.2, 0) is 14.3 Å². The number of hydrogen-bond acceptors (Lipinski definition) is 5. The minimum Gasteiger partial charge on any atom is -0.459 e. The number of nitrogens with one attached hydrogen (secondary N) is 1. The van der Waals surface area contributed by atoms with Gasteiger partial charge in [-0.05, 0) is 57.1 Å². The van der Waals surface area contributed by atoms with Crippen molar-refractivity contribution in [3.8, 4) is 0 Å². The summed E-state index contributed by atoms with van der Waals surface area (Å²) in [5.74, 6) is -0.572. The molecule has 0 unspecified atom stereocenters. The van der Waals surface area contributed by atoms with Crippen LogP contribution in [0, 0.1) is 0 Å². The molecule has 5 heteroatoms. The summed E-state index contributed by atoms with van der Waals surface area (Å²) in [6.07, 6.45) is 10.9. The zero-order valence-electron chi connectivity index (χ0n) is 15.8. The quantitative estimate of drug-likeness (QED) is 0.821. The van der Waals surface area contributed by atoms with Crippen LogP contribution in [0.3, 0.4) is 0 Å². The first-order valence-electron chi connectivity index (χ1n) is 10.00. The lowest BCUT2D eigenvalue weighted by Gasteiger charge is -2.34. The Morgan fingerprint density at radius 2 is 2.00 bits per heavy atom. The Labute approximate surface area is 159 Å². The van der Waals surface area contributed by atoms with Crippen LogP contribution in [0.15, 0.2) is 47.1 Å². The van der Waals surface area contributed by atoms with Gasteiger partial charge in [0, 0.05) is 41.7 Å². The number of pyridine rings is 1. The number of Topliss-reactive ketones (excluding diaryl/α,β-unsaturated/α-hetero) is 1. The number of carbonyl (C=O) groups is 2. The molecule has 1 atom stereocenters. The molecule has 3 aliphatic rings. The van der Waals surface area contributed by atoms with Crippen LogP contribution in [0.25, 0.3) is 0 Å². The average molecular weight is 366 g/mol. The maximum Gasteiger partial charge on any atom is 0.337 e. The summed E-state index contributed by atoms with van der Waals surface area (Å²) in [6, 6.07) is 3.79. The molecule has 0 saturated heterocycles. The van der Waals surface area contributed by atoms with Gasteiger partial charge in [0.05, 0.1) is 5.57 Å². The molecule has 0 bridgehead atoms. The average Bonchev–Trinajstić information content (AvgIpc) is 2.68. The summed E-state index contributed by atoms with van der Waals surface area (Å²) in [7, 11) is 0. The van der Waals surface area contributed by atoms with E-state index in [1.165, 1.54) is 6.42 Å². The second-order valence-electron chi connectivity index (χ2n) is 7.72. The molecular weight excluding hydrogens is 340 g/mol. The van der Waals surface area contributed by atoms with Crippen LogP contribution < -0.4 is 5.32 Å². The van der Waals surface area contributed by atoms with Gasteiger partial charge in [0.1, 0.15) is 6.10 Å². The van der Waals surface area contributed by atoms with Crippen molar-refractivity contribution in [3.63, 3.8) is 0 Å². The Hall–Kier alpha value is -2.43. The van der Waals surface area contributed by atoms with Crippen molar-refractivity contribution in [1.82, 2.24) is 10.3 Å². The zero-order chi connectivity index (χ0) is 18.8. The molecule has 142 valence electrons. The fourth-order valence-corrected chi connectivity index (χ4v) is 4.53. The monoisotopic (exact) mass is 366 g/mol. The van der Waals surface area contributed by atoms with Crippen LogP contribution >= 0.6 is 0 Å². The van der Waals surface area contributed by atoms with Gasteiger partial charge in [-0.2, -0.15) is 0 Å². The highest BCUT2D eigenvalue weighted by Gasteiger charge is 2.39. The number of ether oxygens (including phenoxy) is 1. The number of carbonyl (C=O) groups excluding carboxylic acids is 2. The molecule has 1 aromatic rings. The number of aromatic nitrogens is 1. The Kier molecular flexibility index (Phi) is 5.10. The summed E-state index contributed by atoms with van der Waals surface area (Å²) < 4.78 is 5.88. The molecule has 0 spiro atoms. The molecular formula is C22H26N2O3. The molecule has 1 saturated carbocycles. The lowest BCUT2D eigenvalue weighted by molar-refractivity contribution is -0.146. The van der Waals surface area contributed by atoms with E-state index >= 15 is 0 Å². The second-order valence-corrected chi connectivity index (χ2v) is 7.72. The third-order valence-corrected chi connectivity index (χ3v) is 5.84. The minimum atomic E-state index is -0.390. The van der Waals surface area contributed by atoms with Gasteiger partial charge < -0.3 is 10.1 Å². The molecule has 1 aliphatic heterocycles. The van der Waals surface area contributed by atoms with Crippen molar-refractivity contribution < 1.29 is 14.3 Å². The lowest BCUT2D eigenvalue weighted by Crippen LogP contribution is -2.35. The van der Waals surface area contributed by atoms with Crippen molar-refractivity contribution >= 4 is 11.8 Å². The van der Waals surface area contributed by atoms with Crippen molar-refractivity contribution in [2.75, 3.05) is 0 Å². The maximum atomic E-state index is 13.2. The first-order chi connectivity index (χ1) is 13.1. The molecule has 0 amide bonds. The summed E-state index contributed by atoms with van der Waals surface area (Å²) in [6.45, 7) is 1.91. The standard InChI is InChI=1S/C22H26N2O3/c1-14-19(22(26)27-16-8-3-2-4-9-16)20(15-7-6-12-23-13-15)21-17(24-14)10-5-11-18(21)25/h6-7,12-13,16,20,24H,2-5,8-11H2,1H3/t20-/m0/s1. The molecule has 0 aromatic carbocycles. The first kappa shape index (κ1) is 18.0. The zero-order valence-corrected chi connectivity index (χ0v) is 15.8. The number of nitrogens with zero attached hydrogens (tertiary/aromatic N) is 1. The predicted molar refractivity (Wildman–Crippen MR) is 102 cm³/mol. The van der Waals surface area contributed by atoms with E-state index in [4.69, 9.17) is 4.74 Å².